The fraction of sp³-hybridized carbons (Fsp3) is 0.250. The predicted molar refractivity (Wildman–Crippen MR) is 77.7 cm³/mol. The molecule has 0 saturated heterocycles. The molecule has 2 N–H and O–H groups in total. The third-order valence-corrected chi connectivity index (χ3v) is 3.80. The van der Waals surface area contributed by atoms with E-state index < -0.39 is 11.4 Å². The Bertz CT molecular complexity index is 615. The number of nitrogens with two attached hydrogens (primary N) is 1. The lowest BCUT2D eigenvalue weighted by molar-refractivity contribution is 0.396. The molecule has 0 bridgehead atoms. The fourth-order valence-electron chi connectivity index (χ4n) is 2.28. The maximum Gasteiger partial charge on any atom is 0.128 e. The van der Waals surface area contributed by atoms with Crippen LogP contribution in [0.4, 0.5) is 8.78 Å². The van der Waals surface area contributed by atoms with Gasteiger partial charge < -0.3 is 5.73 Å². The normalized spacial score (nSPS) is 14.1. The van der Waals surface area contributed by atoms with Crippen LogP contribution in [0.15, 0.2) is 42.5 Å². The van der Waals surface area contributed by atoms with Gasteiger partial charge in [-0.2, -0.15) is 0 Å². The monoisotopic (exact) mass is 295 g/mol. The van der Waals surface area contributed by atoms with E-state index in [4.69, 9.17) is 17.3 Å². The molecular weight excluding hydrogens is 280 g/mol. The summed E-state index contributed by atoms with van der Waals surface area (Å²) in [5.41, 5.74) is 6.21. The van der Waals surface area contributed by atoms with Gasteiger partial charge in [-0.25, -0.2) is 8.78 Å². The smallest absolute Gasteiger partial charge is 0.128 e. The van der Waals surface area contributed by atoms with Crippen LogP contribution in [0.1, 0.15) is 24.5 Å². The maximum absolute atomic E-state index is 13.9. The molecule has 0 amide bonds. The van der Waals surface area contributed by atoms with Gasteiger partial charge in [-0.15, -0.1) is 0 Å². The van der Waals surface area contributed by atoms with Gasteiger partial charge in [0.1, 0.15) is 11.6 Å². The van der Waals surface area contributed by atoms with Crippen molar-refractivity contribution in [3.05, 3.63) is 70.2 Å². The molecule has 4 heteroatoms. The zero-order valence-electron chi connectivity index (χ0n) is 11.2. The topological polar surface area (TPSA) is 26.0 Å². The molecule has 0 fully saturated rings. The van der Waals surface area contributed by atoms with Crippen molar-refractivity contribution in [2.24, 2.45) is 5.73 Å². The molecule has 2 aromatic rings. The molecule has 1 unspecified atom stereocenters. The first-order chi connectivity index (χ1) is 9.46. The molecule has 0 heterocycles. The maximum atomic E-state index is 13.9. The van der Waals surface area contributed by atoms with Crippen molar-refractivity contribution < 1.29 is 8.78 Å². The minimum absolute atomic E-state index is 0.216. The highest BCUT2D eigenvalue weighted by atomic mass is 35.5. The molecule has 106 valence electrons. The van der Waals surface area contributed by atoms with Gasteiger partial charge in [-0.3, -0.25) is 0 Å². The molecule has 0 aromatic heterocycles. The lowest BCUT2D eigenvalue weighted by atomic mass is 9.82. The van der Waals surface area contributed by atoms with E-state index in [0.717, 1.165) is 0 Å². The van der Waals surface area contributed by atoms with Crippen LogP contribution in [0.25, 0.3) is 0 Å². The highest BCUT2D eigenvalue weighted by Gasteiger charge is 2.29. The summed E-state index contributed by atoms with van der Waals surface area (Å²) < 4.78 is 27.8. The summed E-state index contributed by atoms with van der Waals surface area (Å²) in [5, 5.41) is 0.330. The van der Waals surface area contributed by atoms with Crippen molar-refractivity contribution in [2.45, 2.75) is 25.3 Å². The molecule has 0 saturated carbocycles. The lowest BCUT2D eigenvalue weighted by Gasteiger charge is -2.29. The molecule has 0 spiro atoms. The molecule has 0 aliphatic carbocycles. The van der Waals surface area contributed by atoms with Crippen LogP contribution in [0, 0.1) is 11.6 Å². The largest absolute Gasteiger partial charge is 0.321 e. The average molecular weight is 296 g/mol. The van der Waals surface area contributed by atoms with Crippen molar-refractivity contribution in [1.82, 2.24) is 0 Å². The zero-order chi connectivity index (χ0) is 14.8. The van der Waals surface area contributed by atoms with E-state index in [0.29, 0.717) is 22.6 Å². The van der Waals surface area contributed by atoms with Crippen molar-refractivity contribution in [2.75, 3.05) is 0 Å². The van der Waals surface area contributed by atoms with Crippen molar-refractivity contribution in [3.8, 4) is 0 Å². The van der Waals surface area contributed by atoms with E-state index >= 15 is 0 Å². The number of benzene rings is 2. The summed E-state index contributed by atoms with van der Waals surface area (Å²) in [6.45, 7) is 1.86. The number of hydrogen-bond acceptors (Lipinski definition) is 1. The van der Waals surface area contributed by atoms with Gasteiger partial charge in [0.25, 0.3) is 0 Å². The van der Waals surface area contributed by atoms with Crippen LogP contribution in [-0.4, -0.2) is 0 Å². The Morgan fingerprint density at radius 1 is 1.10 bits per heavy atom. The first kappa shape index (κ1) is 14.9. The van der Waals surface area contributed by atoms with Crippen LogP contribution in [-0.2, 0) is 12.0 Å². The molecule has 2 aromatic carbocycles. The van der Waals surface area contributed by atoms with Crippen molar-refractivity contribution >= 4 is 11.6 Å². The lowest BCUT2D eigenvalue weighted by Crippen LogP contribution is -2.39. The Labute approximate surface area is 122 Å². The van der Waals surface area contributed by atoms with Gasteiger partial charge in [-0.05, 0) is 36.6 Å². The van der Waals surface area contributed by atoms with E-state index in [1.54, 1.807) is 30.3 Å². The average Bonchev–Trinajstić information content (AvgIpc) is 2.42. The molecule has 0 aliphatic rings. The number of hydrogen-bond donors (Lipinski definition) is 1. The standard InChI is InChI=1S/C16H16ClF2N/c1-2-16(20,13-5-3-4-6-14(13)18)10-11-7-8-12(17)9-15(11)19/h3-9H,2,10,20H2,1H3. The second kappa shape index (κ2) is 5.90. The van der Waals surface area contributed by atoms with E-state index in [1.165, 1.54) is 12.1 Å². The summed E-state index contributed by atoms with van der Waals surface area (Å²) in [6, 6.07) is 10.8. The van der Waals surface area contributed by atoms with E-state index in [9.17, 15) is 8.78 Å². The van der Waals surface area contributed by atoms with Crippen LogP contribution in [0.5, 0.6) is 0 Å². The van der Waals surface area contributed by atoms with Gasteiger partial charge in [0, 0.05) is 16.1 Å². The minimum Gasteiger partial charge on any atom is -0.321 e. The Kier molecular flexibility index (Phi) is 4.41. The van der Waals surface area contributed by atoms with Crippen LogP contribution >= 0.6 is 11.6 Å². The second-order valence-corrected chi connectivity index (χ2v) is 5.34. The fourth-order valence-corrected chi connectivity index (χ4v) is 2.44. The minimum atomic E-state index is -0.944. The van der Waals surface area contributed by atoms with Gasteiger partial charge in [0.2, 0.25) is 0 Å². The third-order valence-electron chi connectivity index (χ3n) is 3.56. The summed E-state index contributed by atoms with van der Waals surface area (Å²) in [4.78, 5) is 0. The van der Waals surface area contributed by atoms with E-state index in [1.807, 2.05) is 6.92 Å². The highest BCUT2D eigenvalue weighted by Crippen LogP contribution is 2.30. The van der Waals surface area contributed by atoms with Crippen molar-refractivity contribution in [1.29, 1.82) is 0 Å². The van der Waals surface area contributed by atoms with Crippen LogP contribution in [0.2, 0.25) is 5.02 Å². The molecule has 2 rings (SSSR count). The number of halogens is 3. The van der Waals surface area contributed by atoms with Gasteiger partial charge in [0.15, 0.2) is 0 Å². The Hall–Kier alpha value is -1.45. The molecule has 0 aliphatic heterocycles. The Morgan fingerprint density at radius 3 is 2.40 bits per heavy atom. The van der Waals surface area contributed by atoms with Gasteiger partial charge >= 0.3 is 0 Å². The second-order valence-electron chi connectivity index (χ2n) is 4.90. The highest BCUT2D eigenvalue weighted by molar-refractivity contribution is 6.30. The molecule has 20 heavy (non-hydrogen) atoms. The quantitative estimate of drug-likeness (QED) is 0.887. The molecule has 1 atom stereocenters. The van der Waals surface area contributed by atoms with E-state index in [-0.39, 0.29) is 12.2 Å². The van der Waals surface area contributed by atoms with E-state index in [2.05, 4.69) is 0 Å². The summed E-state index contributed by atoms with van der Waals surface area (Å²) in [7, 11) is 0. The number of rotatable bonds is 4. The third kappa shape index (κ3) is 3.00. The van der Waals surface area contributed by atoms with Gasteiger partial charge in [0.05, 0.1) is 0 Å². The first-order valence-corrected chi connectivity index (χ1v) is 6.82. The zero-order valence-corrected chi connectivity index (χ0v) is 11.9. The van der Waals surface area contributed by atoms with Crippen LogP contribution < -0.4 is 5.73 Å². The summed E-state index contributed by atoms with van der Waals surface area (Å²) in [5.74, 6) is -0.789. The Balaban J connectivity index is 2.39. The van der Waals surface area contributed by atoms with Crippen LogP contribution in [0.3, 0.4) is 0 Å². The summed E-state index contributed by atoms with van der Waals surface area (Å²) in [6.07, 6.45) is 0.712. The van der Waals surface area contributed by atoms with Gasteiger partial charge in [-0.1, -0.05) is 42.8 Å². The molecule has 1 nitrogen and oxygen atoms in total. The predicted octanol–water partition coefficient (Wildman–Crippen LogP) is 4.42. The van der Waals surface area contributed by atoms with Crippen molar-refractivity contribution in [3.63, 3.8) is 0 Å². The molecule has 0 radical (unpaired) electrons. The summed E-state index contributed by atoms with van der Waals surface area (Å²) >= 11 is 5.73. The SMILES string of the molecule is CCC(N)(Cc1ccc(Cl)cc1F)c1ccccc1F. The molecular formula is C16H16ClF2N. The first-order valence-electron chi connectivity index (χ1n) is 6.44. The Morgan fingerprint density at radius 2 is 1.80 bits per heavy atom.